The molecule has 0 spiro atoms. The molecule has 9 nitrogen and oxygen atoms in total. The van der Waals surface area contributed by atoms with Crippen LogP contribution < -0.4 is 10.1 Å². The van der Waals surface area contributed by atoms with Crippen molar-refractivity contribution < 1.29 is 27.6 Å². The molecule has 1 N–H and O–H groups in total. The second-order valence-corrected chi connectivity index (χ2v) is 9.58. The van der Waals surface area contributed by atoms with Gasteiger partial charge < -0.3 is 28.2 Å². The molecular weight excluding hydrogens is 510 g/mol. The summed E-state index contributed by atoms with van der Waals surface area (Å²) < 4.78 is 22.2. The summed E-state index contributed by atoms with van der Waals surface area (Å²) in [4.78, 5) is 31.9. The molecule has 40 heavy (non-hydrogen) atoms. The number of amides is 2. The highest BCUT2D eigenvalue weighted by molar-refractivity contribution is 5.92. The zero-order valence-corrected chi connectivity index (χ0v) is 21.8. The van der Waals surface area contributed by atoms with Crippen LogP contribution in [0, 0.1) is 6.92 Å². The van der Waals surface area contributed by atoms with Crippen molar-refractivity contribution in [2.75, 3.05) is 6.54 Å². The van der Waals surface area contributed by atoms with Crippen molar-refractivity contribution in [1.29, 1.82) is 0 Å². The van der Waals surface area contributed by atoms with Crippen molar-refractivity contribution in [2.24, 2.45) is 0 Å². The maximum absolute atomic E-state index is 13.4. The van der Waals surface area contributed by atoms with Gasteiger partial charge in [-0.05, 0) is 66.4 Å². The topological polar surface area (TPSA) is 111 Å². The fourth-order valence-electron chi connectivity index (χ4n) is 4.94. The number of aryl methyl sites for hydroxylation is 1. The van der Waals surface area contributed by atoms with Crippen LogP contribution in [0.15, 0.2) is 98.8 Å². The number of hydrogen-bond donors (Lipinski definition) is 1. The third-order valence-corrected chi connectivity index (χ3v) is 6.85. The van der Waals surface area contributed by atoms with Crippen molar-refractivity contribution in [2.45, 2.75) is 32.5 Å². The van der Waals surface area contributed by atoms with Gasteiger partial charge in [0.25, 0.3) is 11.8 Å². The van der Waals surface area contributed by atoms with Gasteiger partial charge in [-0.25, -0.2) is 4.98 Å². The number of nitrogens with zero attached hydrogens (tertiary/aromatic N) is 2. The Hall–Kier alpha value is -5.05. The van der Waals surface area contributed by atoms with Crippen molar-refractivity contribution in [3.8, 4) is 5.75 Å². The maximum Gasteiger partial charge on any atom is 0.290 e. The standard InChI is InChI=1S/C31H27N3O6/c1-20-5-2-6-22(15-20)29-25-16-23(10-9-21(25)11-12-34(29)31(36)27-8-4-14-38-27)39-19-28-33-26(18-40-28)30(35)32-17-24-7-3-13-37-24/h2-10,13-16,18,29H,11-12,17,19H2,1H3,(H,32,35). The van der Waals surface area contributed by atoms with Gasteiger partial charge in [0.15, 0.2) is 18.1 Å². The molecule has 1 unspecified atom stereocenters. The molecule has 3 aromatic heterocycles. The summed E-state index contributed by atoms with van der Waals surface area (Å²) in [6.07, 6.45) is 5.07. The van der Waals surface area contributed by atoms with Gasteiger partial charge in [-0.3, -0.25) is 9.59 Å². The number of furan rings is 2. The Bertz CT molecular complexity index is 1620. The highest BCUT2D eigenvalue weighted by Crippen LogP contribution is 2.38. The van der Waals surface area contributed by atoms with E-state index in [9.17, 15) is 9.59 Å². The Morgan fingerprint density at radius 2 is 1.90 bits per heavy atom. The van der Waals surface area contributed by atoms with Crippen LogP contribution in [0.4, 0.5) is 0 Å². The first-order valence-electron chi connectivity index (χ1n) is 13.0. The van der Waals surface area contributed by atoms with E-state index in [1.165, 1.54) is 12.5 Å². The zero-order valence-electron chi connectivity index (χ0n) is 21.8. The number of hydrogen-bond acceptors (Lipinski definition) is 7. The summed E-state index contributed by atoms with van der Waals surface area (Å²) in [5.74, 6) is 1.28. The number of fused-ring (bicyclic) bond motifs is 1. The summed E-state index contributed by atoms with van der Waals surface area (Å²) in [5.41, 5.74) is 4.40. The number of ether oxygens (including phenoxy) is 1. The van der Waals surface area contributed by atoms with E-state index in [0.717, 1.165) is 22.3 Å². The number of benzene rings is 2. The van der Waals surface area contributed by atoms with Gasteiger partial charge >= 0.3 is 0 Å². The van der Waals surface area contributed by atoms with Crippen LogP contribution in [-0.4, -0.2) is 28.2 Å². The van der Waals surface area contributed by atoms with E-state index < -0.39 is 0 Å². The number of carbonyl (C=O) groups is 2. The van der Waals surface area contributed by atoms with E-state index in [1.807, 2.05) is 48.2 Å². The Balaban J connectivity index is 1.21. The molecule has 0 saturated carbocycles. The second kappa shape index (κ2) is 11.0. The molecule has 0 saturated heterocycles. The molecule has 1 aliphatic heterocycles. The molecule has 0 fully saturated rings. The molecule has 2 aromatic carbocycles. The van der Waals surface area contributed by atoms with Crippen LogP contribution in [0.25, 0.3) is 0 Å². The van der Waals surface area contributed by atoms with Gasteiger partial charge in [0.05, 0.1) is 25.1 Å². The first-order chi connectivity index (χ1) is 19.5. The van der Waals surface area contributed by atoms with Crippen molar-refractivity contribution >= 4 is 11.8 Å². The van der Waals surface area contributed by atoms with E-state index in [4.69, 9.17) is 18.0 Å². The van der Waals surface area contributed by atoms with Gasteiger partial charge in [0, 0.05) is 6.54 Å². The predicted molar refractivity (Wildman–Crippen MR) is 144 cm³/mol. The van der Waals surface area contributed by atoms with Gasteiger partial charge in [0.2, 0.25) is 5.89 Å². The average Bonchev–Trinajstić information content (AvgIpc) is 3.77. The number of rotatable bonds is 8. The van der Waals surface area contributed by atoms with Crippen LogP contribution >= 0.6 is 0 Å². The van der Waals surface area contributed by atoms with Crippen molar-refractivity contribution in [3.05, 3.63) is 131 Å². The molecule has 1 atom stereocenters. The molecular formula is C31H27N3O6. The third kappa shape index (κ3) is 5.26. The fourth-order valence-corrected chi connectivity index (χ4v) is 4.94. The fraction of sp³-hybridized carbons (Fsp3) is 0.194. The van der Waals surface area contributed by atoms with Gasteiger partial charge in [0.1, 0.15) is 17.8 Å². The van der Waals surface area contributed by atoms with Crippen molar-refractivity contribution in [1.82, 2.24) is 15.2 Å². The maximum atomic E-state index is 13.4. The Morgan fingerprint density at radius 1 is 1.02 bits per heavy atom. The van der Waals surface area contributed by atoms with Crippen LogP contribution in [0.1, 0.15) is 61.0 Å². The third-order valence-electron chi connectivity index (χ3n) is 6.85. The second-order valence-electron chi connectivity index (χ2n) is 9.58. The molecule has 4 heterocycles. The van der Waals surface area contributed by atoms with E-state index in [1.54, 1.807) is 30.5 Å². The van der Waals surface area contributed by atoms with Gasteiger partial charge in [-0.15, -0.1) is 0 Å². The Morgan fingerprint density at radius 3 is 2.70 bits per heavy atom. The quantitative estimate of drug-likeness (QED) is 0.280. The van der Waals surface area contributed by atoms with E-state index in [0.29, 0.717) is 30.2 Å². The van der Waals surface area contributed by atoms with Crippen molar-refractivity contribution in [3.63, 3.8) is 0 Å². The first-order valence-corrected chi connectivity index (χ1v) is 13.0. The summed E-state index contributed by atoms with van der Waals surface area (Å²) in [7, 11) is 0. The number of oxazole rings is 1. The van der Waals surface area contributed by atoms with Gasteiger partial charge in [-0.2, -0.15) is 0 Å². The molecule has 9 heteroatoms. The molecule has 5 aromatic rings. The van der Waals surface area contributed by atoms with Crippen LogP contribution in [-0.2, 0) is 19.6 Å². The molecule has 0 aliphatic carbocycles. The summed E-state index contributed by atoms with van der Waals surface area (Å²) >= 11 is 0. The Kier molecular flexibility index (Phi) is 6.93. The largest absolute Gasteiger partial charge is 0.484 e. The number of aromatic nitrogens is 1. The van der Waals surface area contributed by atoms with Crippen LogP contribution in [0.5, 0.6) is 5.75 Å². The minimum Gasteiger partial charge on any atom is -0.484 e. The number of nitrogens with one attached hydrogen (secondary N) is 1. The highest BCUT2D eigenvalue weighted by Gasteiger charge is 2.34. The minimum absolute atomic E-state index is 0.0361. The number of carbonyl (C=O) groups excluding carboxylic acids is 2. The lowest BCUT2D eigenvalue weighted by Crippen LogP contribution is -2.40. The molecule has 0 radical (unpaired) electrons. The SMILES string of the molecule is Cc1cccc(C2c3cc(OCc4nc(C(=O)NCc5ccco5)co4)ccc3CCN2C(=O)c2ccco2)c1. The molecule has 1 aliphatic rings. The van der Waals surface area contributed by atoms with Gasteiger partial charge in [-0.1, -0.05) is 35.9 Å². The van der Waals surface area contributed by atoms with E-state index in [2.05, 4.69) is 16.4 Å². The summed E-state index contributed by atoms with van der Waals surface area (Å²) in [5, 5.41) is 2.74. The summed E-state index contributed by atoms with van der Waals surface area (Å²) in [6, 6.07) is 20.7. The lowest BCUT2D eigenvalue weighted by atomic mass is 9.87. The Labute approximate surface area is 230 Å². The predicted octanol–water partition coefficient (Wildman–Crippen LogP) is 5.47. The minimum atomic E-state index is -0.373. The first kappa shape index (κ1) is 25.2. The zero-order chi connectivity index (χ0) is 27.5. The lowest BCUT2D eigenvalue weighted by molar-refractivity contribution is 0.0661. The molecule has 6 rings (SSSR count). The van der Waals surface area contributed by atoms with Crippen LogP contribution in [0.2, 0.25) is 0 Å². The van der Waals surface area contributed by atoms with Crippen LogP contribution in [0.3, 0.4) is 0 Å². The highest BCUT2D eigenvalue weighted by atomic mass is 16.5. The lowest BCUT2D eigenvalue weighted by Gasteiger charge is -2.37. The summed E-state index contributed by atoms with van der Waals surface area (Å²) in [6.45, 7) is 2.88. The van der Waals surface area contributed by atoms with E-state index >= 15 is 0 Å². The molecule has 202 valence electrons. The molecule has 2 amide bonds. The normalized spacial score (nSPS) is 14.5. The van der Waals surface area contributed by atoms with E-state index in [-0.39, 0.29) is 42.6 Å². The average molecular weight is 538 g/mol. The molecule has 0 bridgehead atoms. The monoisotopic (exact) mass is 537 g/mol. The smallest absolute Gasteiger partial charge is 0.290 e.